The number of aryl methyl sites for hydroxylation is 1. The van der Waals surface area contributed by atoms with Crippen LogP contribution in [-0.4, -0.2) is 29.3 Å². The predicted octanol–water partition coefficient (Wildman–Crippen LogP) is 3.94. The molecule has 0 amide bonds. The number of hydrogen-bond acceptors (Lipinski definition) is 4. The lowest BCUT2D eigenvalue weighted by Gasteiger charge is -2.08. The molecule has 0 spiro atoms. The van der Waals surface area contributed by atoms with Gasteiger partial charge < -0.3 is 4.98 Å². The van der Waals surface area contributed by atoms with E-state index in [1.165, 1.54) is 12.1 Å². The van der Waals surface area contributed by atoms with Crippen LogP contribution in [0.2, 0.25) is 0 Å². The van der Waals surface area contributed by atoms with E-state index >= 15 is 0 Å². The Morgan fingerprint density at radius 2 is 2.03 bits per heavy atom. The summed E-state index contributed by atoms with van der Waals surface area (Å²) in [6.45, 7) is 4.93. The Labute approximate surface area is 171 Å². The van der Waals surface area contributed by atoms with Gasteiger partial charge in [0.1, 0.15) is 11.6 Å². The minimum absolute atomic E-state index is 0.0154. The molecular formula is C21H22F2N6O. The third-order valence-corrected chi connectivity index (χ3v) is 4.91. The van der Waals surface area contributed by atoms with Gasteiger partial charge in [-0.2, -0.15) is 5.10 Å². The van der Waals surface area contributed by atoms with Crippen molar-refractivity contribution in [3.8, 4) is 11.4 Å². The highest BCUT2D eigenvalue weighted by Gasteiger charge is 2.15. The number of imidazole rings is 1. The van der Waals surface area contributed by atoms with Crippen LogP contribution in [-0.2, 0) is 19.5 Å². The summed E-state index contributed by atoms with van der Waals surface area (Å²) in [4.78, 5) is 24.9. The summed E-state index contributed by atoms with van der Waals surface area (Å²) in [5.41, 5.74) is 2.03. The lowest BCUT2D eigenvalue weighted by Crippen LogP contribution is -2.25. The molecule has 4 rings (SSSR count). The Bertz CT molecular complexity index is 1240. The molecule has 3 aromatic heterocycles. The van der Waals surface area contributed by atoms with E-state index in [4.69, 9.17) is 0 Å². The number of rotatable bonds is 7. The quantitative estimate of drug-likeness (QED) is 0.499. The molecule has 156 valence electrons. The normalized spacial score (nSPS) is 11.6. The molecule has 0 saturated heterocycles. The maximum atomic E-state index is 12.9. The van der Waals surface area contributed by atoms with Gasteiger partial charge in [-0.3, -0.25) is 14.0 Å². The van der Waals surface area contributed by atoms with Crippen LogP contribution < -0.4 is 5.56 Å². The van der Waals surface area contributed by atoms with Gasteiger partial charge in [-0.1, -0.05) is 32.0 Å². The highest BCUT2D eigenvalue weighted by atomic mass is 19.3. The third kappa shape index (κ3) is 3.74. The fourth-order valence-electron chi connectivity index (χ4n) is 3.48. The summed E-state index contributed by atoms with van der Waals surface area (Å²) in [5.74, 6) is 1.21. The van der Waals surface area contributed by atoms with Gasteiger partial charge in [-0.15, -0.1) is 0 Å². The number of halogens is 2. The second kappa shape index (κ2) is 8.17. The molecule has 3 heterocycles. The maximum absolute atomic E-state index is 12.9. The zero-order chi connectivity index (χ0) is 21.3. The lowest BCUT2D eigenvalue weighted by atomic mass is 10.1. The predicted molar refractivity (Wildman–Crippen MR) is 110 cm³/mol. The molecule has 4 aromatic rings. The molecule has 0 unspecified atom stereocenters. The summed E-state index contributed by atoms with van der Waals surface area (Å²) in [6.07, 6.45) is 2.35. The summed E-state index contributed by atoms with van der Waals surface area (Å²) in [6, 6.07) is 6.26. The summed E-state index contributed by atoms with van der Waals surface area (Å²) < 4.78 is 29.1. The first-order chi connectivity index (χ1) is 14.5. The molecule has 0 bridgehead atoms. The van der Waals surface area contributed by atoms with Crippen LogP contribution in [0.5, 0.6) is 0 Å². The number of nitrogens with zero attached hydrogens (tertiary/aromatic N) is 5. The van der Waals surface area contributed by atoms with E-state index in [1.54, 1.807) is 33.8 Å². The molecule has 0 aliphatic rings. The van der Waals surface area contributed by atoms with E-state index in [1.807, 2.05) is 13.8 Å². The van der Waals surface area contributed by atoms with E-state index in [9.17, 15) is 13.6 Å². The number of aromatic amines is 1. The van der Waals surface area contributed by atoms with Crippen molar-refractivity contribution in [2.45, 2.75) is 46.2 Å². The SMILES string of the molecule is CCCn1c(CC)nc2nc(-c3cnn(Cc4cccc(C(F)F)c4)c3)[nH]c2c1=O. The molecule has 0 aliphatic heterocycles. The summed E-state index contributed by atoms with van der Waals surface area (Å²) in [5, 5.41) is 4.30. The third-order valence-electron chi connectivity index (χ3n) is 4.91. The lowest BCUT2D eigenvalue weighted by molar-refractivity contribution is 0.151. The second-order valence-electron chi connectivity index (χ2n) is 7.09. The first-order valence-electron chi connectivity index (χ1n) is 9.89. The van der Waals surface area contributed by atoms with Gasteiger partial charge in [-0.25, -0.2) is 18.7 Å². The summed E-state index contributed by atoms with van der Waals surface area (Å²) in [7, 11) is 0. The van der Waals surface area contributed by atoms with Crippen molar-refractivity contribution in [2.24, 2.45) is 0 Å². The van der Waals surface area contributed by atoms with Crippen LogP contribution >= 0.6 is 0 Å². The molecule has 0 fully saturated rings. The number of fused-ring (bicyclic) bond motifs is 1. The fraction of sp³-hybridized carbons (Fsp3) is 0.333. The van der Waals surface area contributed by atoms with E-state index in [2.05, 4.69) is 20.1 Å². The van der Waals surface area contributed by atoms with Crippen LogP contribution in [0.1, 0.15) is 43.6 Å². The monoisotopic (exact) mass is 412 g/mol. The molecule has 1 N–H and O–H groups in total. The Balaban J connectivity index is 1.65. The number of alkyl halides is 2. The van der Waals surface area contributed by atoms with E-state index < -0.39 is 6.43 Å². The van der Waals surface area contributed by atoms with E-state index in [0.29, 0.717) is 47.9 Å². The number of nitrogens with one attached hydrogen (secondary N) is 1. The van der Waals surface area contributed by atoms with Crippen molar-refractivity contribution in [3.05, 3.63) is 64.0 Å². The van der Waals surface area contributed by atoms with Crippen LogP contribution in [0, 0.1) is 0 Å². The average molecular weight is 412 g/mol. The maximum Gasteiger partial charge on any atom is 0.279 e. The minimum Gasteiger partial charge on any atom is -0.332 e. The molecule has 0 aliphatic carbocycles. The van der Waals surface area contributed by atoms with Crippen molar-refractivity contribution >= 4 is 11.2 Å². The highest BCUT2D eigenvalue weighted by molar-refractivity contribution is 5.74. The largest absolute Gasteiger partial charge is 0.332 e. The zero-order valence-electron chi connectivity index (χ0n) is 16.8. The average Bonchev–Trinajstić information content (AvgIpc) is 3.37. The molecule has 1 aromatic carbocycles. The standard InChI is InChI=1S/C21H22F2N6O/c1-3-8-29-16(4-2)25-20-17(21(29)30)26-19(27-20)15-10-24-28(12-15)11-13-6-5-7-14(9-13)18(22)23/h5-7,9-10,12,18H,3-4,8,11H2,1-2H3,(H,26,27). The smallest absolute Gasteiger partial charge is 0.279 e. The molecule has 0 saturated carbocycles. The molecule has 0 atom stereocenters. The Morgan fingerprint density at radius 1 is 1.20 bits per heavy atom. The van der Waals surface area contributed by atoms with Gasteiger partial charge in [0.2, 0.25) is 0 Å². The van der Waals surface area contributed by atoms with Crippen molar-refractivity contribution < 1.29 is 8.78 Å². The van der Waals surface area contributed by atoms with Crippen LogP contribution in [0.15, 0.2) is 41.5 Å². The van der Waals surface area contributed by atoms with Gasteiger partial charge in [0, 0.05) is 24.7 Å². The van der Waals surface area contributed by atoms with Crippen LogP contribution in [0.25, 0.3) is 22.6 Å². The number of H-pyrrole nitrogens is 1. The topological polar surface area (TPSA) is 81.4 Å². The molecule has 30 heavy (non-hydrogen) atoms. The number of benzene rings is 1. The van der Waals surface area contributed by atoms with Crippen molar-refractivity contribution in [2.75, 3.05) is 0 Å². The van der Waals surface area contributed by atoms with Gasteiger partial charge in [0.05, 0.1) is 18.3 Å². The first-order valence-corrected chi connectivity index (χ1v) is 9.89. The van der Waals surface area contributed by atoms with Gasteiger partial charge in [0.15, 0.2) is 11.2 Å². The highest BCUT2D eigenvalue weighted by Crippen LogP contribution is 2.21. The van der Waals surface area contributed by atoms with Crippen molar-refractivity contribution in [1.29, 1.82) is 0 Å². The molecule has 9 heteroatoms. The molecular weight excluding hydrogens is 390 g/mol. The van der Waals surface area contributed by atoms with Crippen LogP contribution in [0.3, 0.4) is 0 Å². The Morgan fingerprint density at radius 3 is 2.77 bits per heavy atom. The molecule has 7 nitrogen and oxygen atoms in total. The Hall–Kier alpha value is -3.36. The van der Waals surface area contributed by atoms with Crippen molar-refractivity contribution in [1.82, 2.24) is 29.3 Å². The van der Waals surface area contributed by atoms with Crippen LogP contribution in [0.4, 0.5) is 8.78 Å². The summed E-state index contributed by atoms with van der Waals surface area (Å²) >= 11 is 0. The van der Waals surface area contributed by atoms with E-state index in [-0.39, 0.29) is 11.1 Å². The Kier molecular flexibility index (Phi) is 5.43. The fourth-order valence-corrected chi connectivity index (χ4v) is 3.48. The molecule has 0 radical (unpaired) electrons. The van der Waals surface area contributed by atoms with Gasteiger partial charge in [0.25, 0.3) is 12.0 Å². The van der Waals surface area contributed by atoms with Crippen molar-refractivity contribution in [3.63, 3.8) is 0 Å². The van der Waals surface area contributed by atoms with Gasteiger partial charge >= 0.3 is 0 Å². The van der Waals surface area contributed by atoms with Gasteiger partial charge in [-0.05, 0) is 18.1 Å². The zero-order valence-corrected chi connectivity index (χ0v) is 16.8. The second-order valence-corrected chi connectivity index (χ2v) is 7.09. The number of hydrogen-bond donors (Lipinski definition) is 1. The first kappa shape index (κ1) is 19.9. The number of aromatic nitrogens is 6. The minimum atomic E-state index is -2.51. The van der Waals surface area contributed by atoms with E-state index in [0.717, 1.165) is 12.0 Å².